The molecule has 29 heavy (non-hydrogen) atoms. The molecule has 1 aromatic carbocycles. The number of urea groups is 1. The average Bonchev–Trinajstić information content (AvgIpc) is 3.25. The number of carbonyl (C=O) groups is 1. The van der Waals surface area contributed by atoms with Gasteiger partial charge in [0.15, 0.2) is 11.6 Å². The van der Waals surface area contributed by atoms with E-state index in [9.17, 15) is 9.18 Å². The Balaban J connectivity index is 1.33. The van der Waals surface area contributed by atoms with E-state index in [1.54, 1.807) is 4.90 Å². The van der Waals surface area contributed by atoms with Crippen LogP contribution in [0.2, 0.25) is 0 Å². The number of aromatic nitrogens is 2. The number of nitrogens with one attached hydrogen (secondary N) is 1. The van der Waals surface area contributed by atoms with Gasteiger partial charge in [-0.3, -0.25) is 5.32 Å². The molecule has 9 heteroatoms. The first-order chi connectivity index (χ1) is 14.1. The lowest BCUT2D eigenvalue weighted by atomic mass is 10.0. The third kappa shape index (κ3) is 4.73. The van der Waals surface area contributed by atoms with Gasteiger partial charge in [0.25, 0.3) is 0 Å². The van der Waals surface area contributed by atoms with Crippen LogP contribution in [0.25, 0.3) is 0 Å². The van der Waals surface area contributed by atoms with Crippen molar-refractivity contribution >= 4 is 17.5 Å². The highest BCUT2D eigenvalue weighted by Crippen LogP contribution is 2.26. The van der Waals surface area contributed by atoms with Gasteiger partial charge in [-0.15, -0.1) is 0 Å². The second-order valence-corrected chi connectivity index (χ2v) is 7.42. The SMILES string of the molecule is Nc1ccc(Oc2cc(NC(=O)N3CCC(N4CCCC4)CC3)ncn2)c(F)c1. The summed E-state index contributed by atoms with van der Waals surface area (Å²) in [5.74, 6) is -0.154. The van der Waals surface area contributed by atoms with Gasteiger partial charge in [0, 0.05) is 37.0 Å². The average molecular weight is 400 g/mol. The van der Waals surface area contributed by atoms with Gasteiger partial charge in [-0.2, -0.15) is 0 Å². The number of benzene rings is 1. The van der Waals surface area contributed by atoms with Crippen LogP contribution in [0.15, 0.2) is 30.6 Å². The molecule has 0 saturated carbocycles. The Kier molecular flexibility index (Phi) is 5.75. The van der Waals surface area contributed by atoms with E-state index in [0.717, 1.165) is 25.9 Å². The number of amides is 2. The molecule has 2 saturated heterocycles. The molecule has 0 radical (unpaired) electrons. The summed E-state index contributed by atoms with van der Waals surface area (Å²) in [7, 11) is 0. The van der Waals surface area contributed by atoms with Gasteiger partial charge < -0.3 is 20.3 Å². The van der Waals surface area contributed by atoms with E-state index in [0.29, 0.717) is 17.5 Å². The Labute approximate surface area is 168 Å². The number of nitrogens with zero attached hydrogens (tertiary/aromatic N) is 4. The molecule has 0 bridgehead atoms. The molecule has 3 heterocycles. The van der Waals surface area contributed by atoms with Gasteiger partial charge in [0.1, 0.15) is 12.1 Å². The number of hydrogen-bond donors (Lipinski definition) is 2. The molecule has 0 unspecified atom stereocenters. The lowest BCUT2D eigenvalue weighted by Crippen LogP contribution is -2.47. The molecule has 8 nitrogen and oxygen atoms in total. The number of hydrogen-bond acceptors (Lipinski definition) is 6. The highest BCUT2D eigenvalue weighted by molar-refractivity contribution is 5.88. The third-order valence-electron chi connectivity index (χ3n) is 5.46. The van der Waals surface area contributed by atoms with Crippen molar-refractivity contribution in [2.75, 3.05) is 37.2 Å². The zero-order chi connectivity index (χ0) is 20.2. The van der Waals surface area contributed by atoms with Crippen molar-refractivity contribution < 1.29 is 13.9 Å². The van der Waals surface area contributed by atoms with Gasteiger partial charge in [0.05, 0.1) is 0 Å². The van der Waals surface area contributed by atoms with Crippen LogP contribution in [-0.4, -0.2) is 58.0 Å². The lowest BCUT2D eigenvalue weighted by Gasteiger charge is -2.36. The Morgan fingerprint density at radius 1 is 1.14 bits per heavy atom. The minimum atomic E-state index is -0.588. The van der Waals surface area contributed by atoms with Crippen molar-refractivity contribution in [2.45, 2.75) is 31.7 Å². The number of nitrogen functional groups attached to an aromatic ring is 1. The van der Waals surface area contributed by atoms with Crippen LogP contribution in [0.1, 0.15) is 25.7 Å². The van der Waals surface area contributed by atoms with Crippen LogP contribution in [0.4, 0.5) is 20.7 Å². The van der Waals surface area contributed by atoms with E-state index in [1.807, 2.05) is 0 Å². The standard InChI is InChI=1S/C20H25FN6O2/c21-16-11-14(22)3-4-17(16)29-19-12-18(23-13-24-19)25-20(28)27-9-5-15(6-10-27)26-7-1-2-8-26/h3-4,11-13,15H,1-2,5-10,22H2,(H,23,24,25,28). The van der Waals surface area contributed by atoms with Crippen LogP contribution >= 0.6 is 0 Å². The molecule has 2 amide bonds. The topological polar surface area (TPSA) is 96.6 Å². The summed E-state index contributed by atoms with van der Waals surface area (Å²) in [6, 6.07) is 5.97. The van der Waals surface area contributed by atoms with Crippen LogP contribution in [0, 0.1) is 5.82 Å². The fraction of sp³-hybridized carbons (Fsp3) is 0.450. The zero-order valence-corrected chi connectivity index (χ0v) is 16.2. The highest BCUT2D eigenvalue weighted by Gasteiger charge is 2.28. The summed E-state index contributed by atoms with van der Waals surface area (Å²) in [5.41, 5.74) is 5.84. The Morgan fingerprint density at radius 3 is 2.62 bits per heavy atom. The molecule has 1 aromatic heterocycles. The number of carbonyl (C=O) groups excluding carboxylic acids is 1. The van der Waals surface area contributed by atoms with Crippen LogP contribution < -0.4 is 15.8 Å². The van der Waals surface area contributed by atoms with Gasteiger partial charge in [-0.25, -0.2) is 19.2 Å². The number of anilines is 2. The lowest BCUT2D eigenvalue weighted by molar-refractivity contribution is 0.140. The quantitative estimate of drug-likeness (QED) is 0.766. The second kappa shape index (κ2) is 8.60. The fourth-order valence-electron chi connectivity index (χ4n) is 3.91. The molecule has 0 aliphatic carbocycles. The van der Waals surface area contributed by atoms with Gasteiger partial charge in [0.2, 0.25) is 5.88 Å². The van der Waals surface area contributed by atoms with Crippen LogP contribution in [0.5, 0.6) is 11.6 Å². The van der Waals surface area contributed by atoms with Crippen molar-refractivity contribution in [1.29, 1.82) is 0 Å². The van der Waals surface area contributed by atoms with E-state index in [-0.39, 0.29) is 17.7 Å². The second-order valence-electron chi connectivity index (χ2n) is 7.42. The Morgan fingerprint density at radius 2 is 1.90 bits per heavy atom. The van der Waals surface area contributed by atoms with Gasteiger partial charge >= 0.3 is 6.03 Å². The van der Waals surface area contributed by atoms with Crippen LogP contribution in [0.3, 0.4) is 0 Å². The molecular formula is C20H25FN6O2. The minimum Gasteiger partial charge on any atom is -0.436 e. The van der Waals surface area contributed by atoms with E-state index < -0.39 is 5.82 Å². The summed E-state index contributed by atoms with van der Waals surface area (Å²) in [5, 5.41) is 2.77. The number of likely N-dealkylation sites (tertiary alicyclic amines) is 2. The molecule has 0 spiro atoms. The predicted molar refractivity (Wildman–Crippen MR) is 107 cm³/mol. The summed E-state index contributed by atoms with van der Waals surface area (Å²) >= 11 is 0. The maximum atomic E-state index is 13.9. The van der Waals surface area contributed by atoms with E-state index >= 15 is 0 Å². The first kappa shape index (κ1) is 19.4. The maximum Gasteiger partial charge on any atom is 0.323 e. The molecule has 4 rings (SSSR count). The number of rotatable bonds is 4. The molecule has 2 fully saturated rings. The monoisotopic (exact) mass is 400 g/mol. The van der Waals surface area contributed by atoms with E-state index in [2.05, 4.69) is 20.2 Å². The summed E-state index contributed by atoms with van der Waals surface area (Å²) < 4.78 is 19.4. The van der Waals surface area contributed by atoms with Crippen molar-refractivity contribution in [3.05, 3.63) is 36.4 Å². The highest BCUT2D eigenvalue weighted by atomic mass is 19.1. The maximum absolute atomic E-state index is 13.9. The number of halogens is 1. The van der Waals surface area contributed by atoms with Crippen molar-refractivity contribution in [2.24, 2.45) is 0 Å². The number of nitrogens with two attached hydrogens (primary N) is 1. The minimum absolute atomic E-state index is 0.000776. The summed E-state index contributed by atoms with van der Waals surface area (Å²) in [4.78, 5) is 25.0. The van der Waals surface area contributed by atoms with Crippen molar-refractivity contribution in [3.8, 4) is 11.6 Å². The first-order valence-electron chi connectivity index (χ1n) is 9.93. The molecule has 2 aliphatic rings. The van der Waals surface area contributed by atoms with Gasteiger partial charge in [-0.05, 0) is 50.9 Å². The number of ether oxygens (including phenoxy) is 1. The predicted octanol–water partition coefficient (Wildman–Crippen LogP) is 3.08. The molecule has 154 valence electrons. The molecule has 2 aliphatic heterocycles. The Bertz CT molecular complexity index is 866. The smallest absolute Gasteiger partial charge is 0.323 e. The number of piperidine rings is 1. The third-order valence-corrected chi connectivity index (χ3v) is 5.46. The molecule has 3 N–H and O–H groups in total. The van der Waals surface area contributed by atoms with E-state index in [4.69, 9.17) is 10.5 Å². The zero-order valence-electron chi connectivity index (χ0n) is 16.2. The van der Waals surface area contributed by atoms with Crippen LogP contribution in [-0.2, 0) is 0 Å². The molecule has 2 aromatic rings. The molecular weight excluding hydrogens is 375 g/mol. The Hall–Kier alpha value is -2.94. The molecule has 0 atom stereocenters. The first-order valence-corrected chi connectivity index (χ1v) is 9.93. The van der Waals surface area contributed by atoms with Crippen molar-refractivity contribution in [3.63, 3.8) is 0 Å². The fourth-order valence-corrected chi connectivity index (χ4v) is 3.91. The summed E-state index contributed by atoms with van der Waals surface area (Å²) in [6.07, 6.45) is 5.79. The summed E-state index contributed by atoms with van der Waals surface area (Å²) in [6.45, 7) is 3.79. The normalized spacial score (nSPS) is 18.0. The van der Waals surface area contributed by atoms with Crippen molar-refractivity contribution in [1.82, 2.24) is 19.8 Å². The van der Waals surface area contributed by atoms with E-state index in [1.165, 1.54) is 56.5 Å². The van der Waals surface area contributed by atoms with Gasteiger partial charge in [-0.1, -0.05) is 0 Å². The largest absolute Gasteiger partial charge is 0.436 e.